The van der Waals surface area contributed by atoms with E-state index >= 15 is 4.39 Å². The van der Waals surface area contributed by atoms with Crippen LogP contribution in [0.15, 0.2) is 31.1 Å². The van der Waals surface area contributed by atoms with Gasteiger partial charge in [0.15, 0.2) is 0 Å². The maximum Gasteiger partial charge on any atom is 0.243 e. The maximum atomic E-state index is 15.1. The van der Waals surface area contributed by atoms with Crippen molar-refractivity contribution in [1.29, 1.82) is 0 Å². The highest BCUT2D eigenvalue weighted by atomic mass is 35.5. The maximum absolute atomic E-state index is 15.1. The van der Waals surface area contributed by atoms with Crippen LogP contribution in [0.3, 0.4) is 0 Å². The molecule has 1 aromatic carbocycles. The smallest absolute Gasteiger partial charge is 0.243 e. The van der Waals surface area contributed by atoms with Gasteiger partial charge in [0, 0.05) is 30.6 Å². The van der Waals surface area contributed by atoms with Gasteiger partial charge in [0.25, 0.3) is 0 Å². The van der Waals surface area contributed by atoms with Gasteiger partial charge in [-0.3, -0.25) is 4.79 Å². The van der Waals surface area contributed by atoms with Crippen LogP contribution in [0, 0.1) is 0 Å². The molecule has 1 aromatic heterocycles. The summed E-state index contributed by atoms with van der Waals surface area (Å²) in [5.74, 6) is -0.225. The molecule has 0 bridgehead atoms. The third kappa shape index (κ3) is 5.93. The highest BCUT2D eigenvalue weighted by Gasteiger charge is 2.27. The number of halogens is 3. The Labute approximate surface area is 200 Å². The molecule has 0 aliphatic carbocycles. The number of aromatic nitrogens is 2. The molecule has 176 valence electrons. The van der Waals surface area contributed by atoms with Crippen LogP contribution < -0.4 is 20.1 Å². The summed E-state index contributed by atoms with van der Waals surface area (Å²) >= 11 is 12.5. The van der Waals surface area contributed by atoms with Gasteiger partial charge in [-0.15, -0.1) is 0 Å². The minimum atomic E-state index is -0.709. The highest BCUT2D eigenvalue weighted by Crippen LogP contribution is 2.44. The van der Waals surface area contributed by atoms with E-state index in [9.17, 15) is 4.79 Å². The topological polar surface area (TPSA) is 94.6 Å². The van der Waals surface area contributed by atoms with E-state index in [1.54, 1.807) is 0 Å². The van der Waals surface area contributed by atoms with Crippen LogP contribution in [-0.2, 0) is 9.53 Å². The summed E-state index contributed by atoms with van der Waals surface area (Å²) in [5, 5.41) is 6.03. The van der Waals surface area contributed by atoms with Crippen LogP contribution in [0.25, 0.3) is 11.9 Å². The van der Waals surface area contributed by atoms with Gasteiger partial charge in [-0.05, 0) is 18.6 Å². The van der Waals surface area contributed by atoms with Gasteiger partial charge in [0.2, 0.25) is 11.9 Å². The number of anilines is 1. The second-order valence-corrected chi connectivity index (χ2v) is 7.81. The molecular weight excluding hydrogens is 474 g/mol. The number of amides is 1. The van der Waals surface area contributed by atoms with Crippen LogP contribution in [0.1, 0.15) is 17.5 Å². The quantitative estimate of drug-likeness (QED) is 0.530. The van der Waals surface area contributed by atoms with Crippen LogP contribution in [0.2, 0.25) is 10.0 Å². The summed E-state index contributed by atoms with van der Waals surface area (Å²) in [6.07, 6.45) is 5.93. The molecule has 0 saturated carbocycles. The Morgan fingerprint density at radius 2 is 1.85 bits per heavy atom. The zero-order valence-electron chi connectivity index (χ0n) is 18.0. The first-order valence-electron chi connectivity index (χ1n) is 9.94. The van der Waals surface area contributed by atoms with E-state index in [2.05, 4.69) is 27.2 Å². The average Bonchev–Trinajstić information content (AvgIpc) is 2.81. The lowest BCUT2D eigenvalue weighted by Gasteiger charge is -2.32. The Morgan fingerprint density at radius 1 is 1.21 bits per heavy atom. The van der Waals surface area contributed by atoms with E-state index < -0.39 is 5.83 Å². The molecule has 1 fully saturated rings. The van der Waals surface area contributed by atoms with Crippen molar-refractivity contribution in [3.05, 3.63) is 52.3 Å². The lowest BCUT2D eigenvalue weighted by molar-refractivity contribution is -0.117. The summed E-state index contributed by atoms with van der Waals surface area (Å²) in [7, 11) is 2.81. The summed E-state index contributed by atoms with van der Waals surface area (Å²) < 4.78 is 30.9. The van der Waals surface area contributed by atoms with Gasteiger partial charge >= 0.3 is 0 Å². The molecule has 2 N–H and O–H groups in total. The van der Waals surface area contributed by atoms with Crippen molar-refractivity contribution in [2.45, 2.75) is 18.5 Å². The van der Waals surface area contributed by atoms with Crippen molar-refractivity contribution < 1.29 is 23.4 Å². The average molecular weight is 497 g/mol. The van der Waals surface area contributed by atoms with Crippen molar-refractivity contribution in [3.8, 4) is 11.5 Å². The monoisotopic (exact) mass is 496 g/mol. The van der Waals surface area contributed by atoms with Crippen LogP contribution in [-0.4, -0.2) is 55.4 Å². The second kappa shape index (κ2) is 11.3. The van der Waals surface area contributed by atoms with Gasteiger partial charge < -0.3 is 24.8 Å². The first-order valence-corrected chi connectivity index (χ1v) is 10.7. The molecular formula is C22H23Cl2FN4O4. The molecule has 8 nitrogen and oxygen atoms in total. The zero-order chi connectivity index (χ0) is 24.0. The second-order valence-electron chi connectivity index (χ2n) is 7.05. The molecule has 3 rings (SSSR count). The minimum Gasteiger partial charge on any atom is -0.495 e. The molecule has 0 spiro atoms. The fourth-order valence-electron chi connectivity index (χ4n) is 3.26. The summed E-state index contributed by atoms with van der Waals surface area (Å²) in [5.41, 5.74) is 0.320. The van der Waals surface area contributed by atoms with Crippen molar-refractivity contribution in [2.75, 3.05) is 32.8 Å². The first kappa shape index (κ1) is 24.8. The number of hydrogen-bond donors (Lipinski definition) is 2. The number of hydrogen-bond acceptors (Lipinski definition) is 7. The molecule has 1 aliphatic heterocycles. The van der Waals surface area contributed by atoms with Crippen LogP contribution in [0.5, 0.6) is 11.5 Å². The molecule has 11 heteroatoms. The van der Waals surface area contributed by atoms with E-state index in [0.29, 0.717) is 31.1 Å². The number of ether oxygens (including phenoxy) is 3. The Morgan fingerprint density at radius 3 is 2.42 bits per heavy atom. The fourth-order valence-corrected chi connectivity index (χ4v) is 3.94. The molecule has 1 saturated heterocycles. The third-order valence-electron chi connectivity index (χ3n) is 4.96. The molecule has 1 amide bonds. The molecule has 1 aliphatic rings. The summed E-state index contributed by atoms with van der Waals surface area (Å²) in [4.78, 5) is 20.1. The van der Waals surface area contributed by atoms with E-state index in [1.807, 2.05) is 0 Å². The molecule has 33 heavy (non-hydrogen) atoms. The normalized spacial score (nSPS) is 18.4. The minimum absolute atomic E-state index is 0.0150. The number of nitrogens with one attached hydrogen (secondary N) is 2. The van der Waals surface area contributed by atoms with E-state index in [1.165, 1.54) is 44.8 Å². The molecule has 0 radical (unpaired) electrons. The van der Waals surface area contributed by atoms with Crippen LogP contribution >= 0.6 is 23.2 Å². The predicted molar refractivity (Wildman–Crippen MR) is 126 cm³/mol. The largest absolute Gasteiger partial charge is 0.495 e. The standard InChI is InChI=1S/C22H23Cl2FN4O4/c1-4-18(30)28-14-5-6-33-11-15(14)29-22-26-9-12(10-27-22)7-13(25)19-20(23)16(31-2)8-17(32-3)21(19)24/h4,7-10,14-15H,1,5-6,11H2,2-3H3,(H,28,30)(H,26,27,29)/b13-7-/t14-,15+/m0/s1. The molecule has 2 heterocycles. The SMILES string of the molecule is C=CC(=O)N[C@H]1CCOC[C@H]1Nc1ncc(/C=C(\F)c2c(Cl)c(OC)cc(OC)c2Cl)cn1. The Balaban J connectivity index is 1.79. The Bertz CT molecular complexity index is 1020. The van der Waals surface area contributed by atoms with Crippen molar-refractivity contribution in [2.24, 2.45) is 0 Å². The molecule has 0 unspecified atom stereocenters. The van der Waals surface area contributed by atoms with Crippen molar-refractivity contribution >= 4 is 47.0 Å². The molecule has 2 atom stereocenters. The number of benzene rings is 1. The summed E-state index contributed by atoms with van der Waals surface area (Å²) in [6, 6.07) is 1.07. The van der Waals surface area contributed by atoms with Gasteiger partial charge in [-0.25, -0.2) is 14.4 Å². The molecule has 2 aromatic rings. The van der Waals surface area contributed by atoms with Gasteiger partial charge in [-0.2, -0.15) is 0 Å². The van der Waals surface area contributed by atoms with Crippen molar-refractivity contribution in [3.63, 3.8) is 0 Å². The lowest BCUT2D eigenvalue weighted by Crippen LogP contribution is -2.52. The van der Waals surface area contributed by atoms with E-state index in [4.69, 9.17) is 37.4 Å². The van der Waals surface area contributed by atoms with Crippen molar-refractivity contribution in [1.82, 2.24) is 15.3 Å². The predicted octanol–water partition coefficient (Wildman–Crippen LogP) is 4.14. The van der Waals surface area contributed by atoms with Gasteiger partial charge in [-0.1, -0.05) is 29.8 Å². The number of nitrogens with zero attached hydrogens (tertiary/aromatic N) is 2. The lowest BCUT2D eigenvalue weighted by atomic mass is 10.0. The zero-order valence-corrected chi connectivity index (χ0v) is 19.5. The number of rotatable bonds is 8. The van der Waals surface area contributed by atoms with Gasteiger partial charge in [0.05, 0.1) is 48.5 Å². The van der Waals surface area contributed by atoms with Crippen LogP contribution in [0.4, 0.5) is 10.3 Å². The van der Waals surface area contributed by atoms with E-state index in [-0.39, 0.29) is 45.1 Å². The van der Waals surface area contributed by atoms with Gasteiger partial charge in [0.1, 0.15) is 17.3 Å². The third-order valence-corrected chi connectivity index (χ3v) is 5.71. The Kier molecular flexibility index (Phi) is 8.49. The number of carbonyl (C=O) groups excluding carboxylic acids is 1. The fraction of sp³-hybridized carbons (Fsp3) is 0.318. The van der Waals surface area contributed by atoms with E-state index in [0.717, 1.165) is 0 Å². The number of carbonyl (C=O) groups is 1. The summed E-state index contributed by atoms with van der Waals surface area (Å²) in [6.45, 7) is 4.37. The Hall–Kier alpha value is -2.88. The highest BCUT2D eigenvalue weighted by molar-refractivity contribution is 6.39. The first-order chi connectivity index (χ1) is 15.9. The number of methoxy groups -OCH3 is 2.